The number of nitrogens with one attached hydrogen (secondary N) is 1. The number of hydrogen-bond donors (Lipinski definition) is 1. The van der Waals surface area contributed by atoms with Gasteiger partial charge in [0, 0.05) is 38.2 Å². The van der Waals surface area contributed by atoms with Crippen LogP contribution in [-0.2, 0) is 6.54 Å². The predicted molar refractivity (Wildman–Crippen MR) is 82.8 cm³/mol. The molecule has 94 valence electrons. The molecule has 1 aromatic heterocycles. The molecule has 0 spiro atoms. The van der Waals surface area contributed by atoms with Crippen molar-refractivity contribution >= 4 is 43.2 Å². The van der Waals surface area contributed by atoms with Crippen molar-refractivity contribution in [2.75, 3.05) is 0 Å². The number of hydrogen-bond acceptors (Lipinski definition) is 3. The van der Waals surface area contributed by atoms with Crippen LogP contribution in [-0.4, -0.2) is 11.0 Å². The zero-order chi connectivity index (χ0) is 12.5. The minimum atomic E-state index is 0.748. The van der Waals surface area contributed by atoms with Gasteiger partial charge >= 0.3 is 0 Å². The van der Waals surface area contributed by atoms with Gasteiger partial charge in [-0.2, -0.15) is 0 Å². The number of halogens is 2. The quantitative estimate of drug-likeness (QED) is 0.829. The van der Waals surface area contributed by atoms with Gasteiger partial charge in [-0.15, -0.1) is 11.3 Å². The molecule has 1 saturated carbocycles. The molecule has 0 atom stereocenters. The average Bonchev–Trinajstić information content (AvgIpc) is 3.08. The lowest BCUT2D eigenvalue weighted by atomic mass is 10.2. The van der Waals surface area contributed by atoms with Gasteiger partial charge in [0.25, 0.3) is 0 Å². The third-order valence-electron chi connectivity index (χ3n) is 2.86. The molecule has 5 heteroatoms. The smallest absolute Gasteiger partial charge is 0.123 e. The second-order valence-corrected chi connectivity index (χ2v) is 7.24. The summed E-state index contributed by atoms with van der Waals surface area (Å²) in [6.07, 6.45) is 4.63. The Morgan fingerprint density at radius 3 is 2.83 bits per heavy atom. The summed E-state index contributed by atoms with van der Waals surface area (Å²) in [6.45, 7) is 0.944. The Hall–Kier alpha value is -0.230. The van der Waals surface area contributed by atoms with Gasteiger partial charge < -0.3 is 5.32 Å². The largest absolute Gasteiger partial charge is 0.309 e. The van der Waals surface area contributed by atoms with Crippen LogP contribution in [0.5, 0.6) is 0 Å². The highest BCUT2D eigenvalue weighted by molar-refractivity contribution is 9.13. The maximum Gasteiger partial charge on any atom is 0.123 e. The van der Waals surface area contributed by atoms with Crippen LogP contribution in [0.15, 0.2) is 33.3 Å². The first-order chi connectivity index (χ1) is 8.72. The summed E-state index contributed by atoms with van der Waals surface area (Å²) in [5.74, 6) is 0. The molecule has 2 aromatic rings. The molecule has 1 aliphatic carbocycles. The Labute approximate surface area is 127 Å². The van der Waals surface area contributed by atoms with Crippen molar-refractivity contribution in [3.8, 4) is 10.6 Å². The average molecular weight is 388 g/mol. The summed E-state index contributed by atoms with van der Waals surface area (Å²) in [5, 5.41) is 4.59. The summed E-state index contributed by atoms with van der Waals surface area (Å²) in [6, 6.07) is 6.98. The Morgan fingerprint density at radius 1 is 1.28 bits per heavy atom. The van der Waals surface area contributed by atoms with E-state index in [1.54, 1.807) is 11.3 Å². The summed E-state index contributed by atoms with van der Waals surface area (Å²) >= 11 is 8.77. The van der Waals surface area contributed by atoms with Crippen molar-refractivity contribution in [2.24, 2.45) is 0 Å². The molecule has 0 radical (unpaired) electrons. The molecule has 0 bridgehead atoms. The predicted octanol–water partition coefficient (Wildman–Crippen LogP) is 4.59. The van der Waals surface area contributed by atoms with Gasteiger partial charge in [-0.25, -0.2) is 4.98 Å². The van der Waals surface area contributed by atoms with Crippen LogP contribution in [0.25, 0.3) is 10.6 Å². The fourth-order valence-corrected chi connectivity index (χ4v) is 3.17. The van der Waals surface area contributed by atoms with Crippen molar-refractivity contribution in [2.45, 2.75) is 25.4 Å². The van der Waals surface area contributed by atoms with E-state index in [0.29, 0.717) is 0 Å². The minimum absolute atomic E-state index is 0.748. The molecular weight excluding hydrogens is 376 g/mol. The van der Waals surface area contributed by atoms with Gasteiger partial charge in [0.05, 0.1) is 0 Å². The van der Waals surface area contributed by atoms with E-state index < -0.39 is 0 Å². The zero-order valence-corrected chi connectivity index (χ0v) is 13.6. The van der Waals surface area contributed by atoms with E-state index in [1.165, 1.54) is 17.7 Å². The molecule has 1 N–H and O–H groups in total. The van der Waals surface area contributed by atoms with Gasteiger partial charge in [-0.05, 0) is 56.8 Å². The second-order valence-electron chi connectivity index (χ2n) is 4.42. The monoisotopic (exact) mass is 386 g/mol. The van der Waals surface area contributed by atoms with Gasteiger partial charge in [-0.3, -0.25) is 0 Å². The van der Waals surface area contributed by atoms with E-state index in [0.717, 1.165) is 32.1 Å². The zero-order valence-electron chi connectivity index (χ0n) is 9.62. The van der Waals surface area contributed by atoms with Crippen LogP contribution in [0, 0.1) is 0 Å². The summed E-state index contributed by atoms with van der Waals surface area (Å²) in [4.78, 5) is 5.80. The number of benzene rings is 1. The molecule has 18 heavy (non-hydrogen) atoms. The molecule has 1 heterocycles. The van der Waals surface area contributed by atoms with Crippen molar-refractivity contribution in [3.63, 3.8) is 0 Å². The van der Waals surface area contributed by atoms with Crippen LogP contribution >= 0.6 is 43.2 Å². The molecule has 0 unspecified atom stereocenters. The van der Waals surface area contributed by atoms with E-state index >= 15 is 0 Å². The first kappa shape index (κ1) is 12.8. The Balaban J connectivity index is 1.76. The summed E-state index contributed by atoms with van der Waals surface area (Å²) in [7, 11) is 0. The van der Waals surface area contributed by atoms with Crippen LogP contribution < -0.4 is 5.32 Å². The van der Waals surface area contributed by atoms with Gasteiger partial charge in [0.2, 0.25) is 0 Å². The Bertz CT molecular complexity index is 564. The third kappa shape index (κ3) is 3.02. The van der Waals surface area contributed by atoms with Crippen molar-refractivity contribution in [1.82, 2.24) is 10.3 Å². The third-order valence-corrected chi connectivity index (χ3v) is 5.79. The molecule has 0 amide bonds. The van der Waals surface area contributed by atoms with Gasteiger partial charge in [0.15, 0.2) is 0 Å². The molecule has 3 rings (SSSR count). The number of rotatable bonds is 4. The topological polar surface area (TPSA) is 24.9 Å². The molecular formula is C13H12Br2N2S. The fourth-order valence-electron chi connectivity index (χ4n) is 1.68. The van der Waals surface area contributed by atoms with Crippen LogP contribution in [0.3, 0.4) is 0 Å². The minimum Gasteiger partial charge on any atom is -0.309 e. The van der Waals surface area contributed by atoms with E-state index in [1.807, 2.05) is 12.3 Å². The number of aromatic nitrogens is 1. The van der Waals surface area contributed by atoms with Gasteiger partial charge in [0.1, 0.15) is 5.01 Å². The highest BCUT2D eigenvalue weighted by atomic mass is 79.9. The SMILES string of the molecule is Brc1ccc(-c2ncc(CNC3CC3)s2)cc1Br. The Kier molecular flexibility index (Phi) is 3.84. The summed E-state index contributed by atoms with van der Waals surface area (Å²) in [5.41, 5.74) is 1.16. The molecule has 1 fully saturated rings. The molecule has 0 saturated heterocycles. The highest BCUT2D eigenvalue weighted by Crippen LogP contribution is 2.31. The van der Waals surface area contributed by atoms with Crippen molar-refractivity contribution in [3.05, 3.63) is 38.2 Å². The molecule has 2 nitrogen and oxygen atoms in total. The molecule has 0 aliphatic heterocycles. The van der Waals surface area contributed by atoms with E-state index in [9.17, 15) is 0 Å². The highest BCUT2D eigenvalue weighted by Gasteiger charge is 2.20. The van der Waals surface area contributed by atoms with E-state index in [4.69, 9.17) is 0 Å². The normalized spacial score (nSPS) is 15.0. The van der Waals surface area contributed by atoms with Crippen LogP contribution in [0.2, 0.25) is 0 Å². The van der Waals surface area contributed by atoms with E-state index in [-0.39, 0.29) is 0 Å². The van der Waals surface area contributed by atoms with Crippen molar-refractivity contribution < 1.29 is 0 Å². The van der Waals surface area contributed by atoms with Gasteiger partial charge in [-0.1, -0.05) is 6.07 Å². The number of nitrogens with zero attached hydrogens (tertiary/aromatic N) is 1. The van der Waals surface area contributed by atoms with Crippen molar-refractivity contribution in [1.29, 1.82) is 0 Å². The Morgan fingerprint density at radius 2 is 2.11 bits per heavy atom. The number of thiazole rings is 1. The lowest BCUT2D eigenvalue weighted by Gasteiger charge is -2.00. The standard InChI is InChI=1S/C13H12Br2N2S/c14-11-4-1-8(5-12(11)15)13-17-7-10(18-13)6-16-9-2-3-9/h1,4-5,7,9,16H,2-3,6H2. The van der Waals surface area contributed by atoms with Crippen LogP contribution in [0.1, 0.15) is 17.7 Å². The lowest BCUT2D eigenvalue weighted by Crippen LogP contribution is -2.14. The molecule has 1 aromatic carbocycles. The first-order valence-electron chi connectivity index (χ1n) is 5.86. The second kappa shape index (κ2) is 5.41. The lowest BCUT2D eigenvalue weighted by molar-refractivity contribution is 0.694. The fraction of sp³-hybridized carbons (Fsp3) is 0.308. The van der Waals surface area contributed by atoms with Crippen LogP contribution in [0.4, 0.5) is 0 Å². The first-order valence-corrected chi connectivity index (χ1v) is 8.26. The molecule has 1 aliphatic rings. The van der Waals surface area contributed by atoms with E-state index in [2.05, 4.69) is 54.3 Å². The maximum atomic E-state index is 4.50. The summed E-state index contributed by atoms with van der Waals surface area (Å²) < 4.78 is 2.13. The maximum absolute atomic E-state index is 4.50.